The van der Waals surface area contributed by atoms with E-state index in [1.165, 1.54) is 0 Å². The van der Waals surface area contributed by atoms with Gasteiger partial charge in [-0.15, -0.1) is 0 Å². The van der Waals surface area contributed by atoms with E-state index in [0.717, 1.165) is 25.7 Å². The van der Waals surface area contributed by atoms with Crippen LogP contribution in [0.3, 0.4) is 0 Å². The van der Waals surface area contributed by atoms with Crippen LogP contribution in [0.15, 0.2) is 0 Å². The van der Waals surface area contributed by atoms with Crippen molar-refractivity contribution in [1.82, 2.24) is 0 Å². The fourth-order valence-electron chi connectivity index (χ4n) is 2.10. The average molecular weight is 244 g/mol. The molecule has 1 unspecified atom stereocenters. The Morgan fingerprint density at radius 3 is 2.24 bits per heavy atom. The highest BCUT2D eigenvalue weighted by molar-refractivity contribution is 5.75. The summed E-state index contributed by atoms with van der Waals surface area (Å²) in [5.41, 5.74) is 0.249. The molecule has 0 radical (unpaired) electrons. The number of ketones is 1. The maximum absolute atomic E-state index is 12.5. The summed E-state index contributed by atoms with van der Waals surface area (Å²) in [7, 11) is 0. The summed E-state index contributed by atoms with van der Waals surface area (Å²) in [6.45, 7) is 10.1. The topological polar surface area (TPSA) is 17.1 Å². The minimum absolute atomic E-state index is 0.167. The van der Waals surface area contributed by atoms with Gasteiger partial charge in [0.1, 0.15) is 5.78 Å². The minimum Gasteiger partial charge on any atom is -0.300 e. The number of rotatable bonds is 9. The number of halogens is 1. The van der Waals surface area contributed by atoms with Crippen molar-refractivity contribution in [3.8, 4) is 0 Å². The Morgan fingerprint density at radius 1 is 1.24 bits per heavy atom. The molecule has 2 heteroatoms. The molecule has 0 spiro atoms. The van der Waals surface area contributed by atoms with E-state index < -0.39 is 0 Å². The molecule has 0 aromatic carbocycles. The molecule has 0 saturated carbocycles. The molecule has 0 aromatic heterocycles. The first-order valence-corrected chi connectivity index (χ1v) is 6.87. The molecular formula is C15H29FO. The van der Waals surface area contributed by atoms with Crippen LogP contribution in [0.4, 0.5) is 4.39 Å². The lowest BCUT2D eigenvalue weighted by Crippen LogP contribution is -2.24. The maximum atomic E-state index is 12.5. The van der Waals surface area contributed by atoms with Crippen molar-refractivity contribution in [3.63, 3.8) is 0 Å². The number of hydrogen-bond acceptors (Lipinski definition) is 1. The molecule has 17 heavy (non-hydrogen) atoms. The van der Waals surface area contributed by atoms with Crippen LogP contribution in [0.25, 0.3) is 0 Å². The van der Waals surface area contributed by atoms with Crippen LogP contribution >= 0.6 is 0 Å². The van der Waals surface area contributed by atoms with Crippen LogP contribution in [0.1, 0.15) is 66.7 Å². The molecule has 0 aliphatic rings. The zero-order valence-electron chi connectivity index (χ0n) is 12.2. The SMILES string of the molecule is CC(=O)CCC[C@@](C)(CCC(C)CF)C(C)C. The predicted molar refractivity (Wildman–Crippen MR) is 71.9 cm³/mol. The highest BCUT2D eigenvalue weighted by Gasteiger charge is 2.28. The third kappa shape index (κ3) is 6.80. The number of Topliss-reactive ketones (excluding diaryl/α,β-unsaturated/α-hetero) is 1. The van der Waals surface area contributed by atoms with Crippen LogP contribution in [0, 0.1) is 17.3 Å². The molecule has 0 aromatic rings. The van der Waals surface area contributed by atoms with Gasteiger partial charge in [0.2, 0.25) is 0 Å². The van der Waals surface area contributed by atoms with Gasteiger partial charge in [0, 0.05) is 6.42 Å². The largest absolute Gasteiger partial charge is 0.300 e. The smallest absolute Gasteiger partial charge is 0.129 e. The lowest BCUT2D eigenvalue weighted by molar-refractivity contribution is -0.117. The standard InChI is InChI=1S/C15H29FO/c1-12(2)15(5,9-6-7-14(4)17)10-8-13(3)11-16/h12-13H,6-11H2,1-5H3/t13?,15-/m0/s1. The lowest BCUT2D eigenvalue weighted by Gasteiger charge is -2.35. The molecule has 0 bridgehead atoms. The molecular weight excluding hydrogens is 215 g/mol. The summed E-state index contributed by atoms with van der Waals surface area (Å²) >= 11 is 0. The van der Waals surface area contributed by atoms with Crippen LogP contribution in [0.2, 0.25) is 0 Å². The number of alkyl halides is 1. The van der Waals surface area contributed by atoms with E-state index in [1.54, 1.807) is 6.92 Å². The second kappa shape index (κ2) is 7.84. The highest BCUT2D eigenvalue weighted by Crippen LogP contribution is 2.38. The highest BCUT2D eigenvalue weighted by atomic mass is 19.1. The number of carbonyl (C=O) groups is 1. The summed E-state index contributed by atoms with van der Waals surface area (Å²) in [5.74, 6) is 1.02. The summed E-state index contributed by atoms with van der Waals surface area (Å²) < 4.78 is 12.5. The van der Waals surface area contributed by atoms with Crippen molar-refractivity contribution >= 4 is 5.78 Å². The van der Waals surface area contributed by atoms with Crippen molar-refractivity contribution in [2.75, 3.05) is 6.67 Å². The average Bonchev–Trinajstić information content (AvgIpc) is 2.25. The Kier molecular flexibility index (Phi) is 7.65. The molecule has 0 fully saturated rings. The van der Waals surface area contributed by atoms with E-state index in [0.29, 0.717) is 12.3 Å². The Hall–Kier alpha value is -0.400. The van der Waals surface area contributed by atoms with Gasteiger partial charge in [-0.2, -0.15) is 0 Å². The van der Waals surface area contributed by atoms with Gasteiger partial charge < -0.3 is 4.79 Å². The molecule has 0 N–H and O–H groups in total. The van der Waals surface area contributed by atoms with Crippen LogP contribution < -0.4 is 0 Å². The van der Waals surface area contributed by atoms with Crippen molar-refractivity contribution in [2.24, 2.45) is 17.3 Å². The van der Waals surface area contributed by atoms with Gasteiger partial charge in [-0.1, -0.05) is 27.7 Å². The molecule has 1 nitrogen and oxygen atoms in total. The van der Waals surface area contributed by atoms with Gasteiger partial charge in [0.25, 0.3) is 0 Å². The van der Waals surface area contributed by atoms with Gasteiger partial charge in [-0.3, -0.25) is 4.39 Å². The Morgan fingerprint density at radius 2 is 1.82 bits per heavy atom. The van der Waals surface area contributed by atoms with E-state index >= 15 is 0 Å². The monoisotopic (exact) mass is 244 g/mol. The van der Waals surface area contributed by atoms with Gasteiger partial charge >= 0.3 is 0 Å². The van der Waals surface area contributed by atoms with E-state index in [1.807, 2.05) is 6.92 Å². The first-order valence-electron chi connectivity index (χ1n) is 6.87. The normalized spacial score (nSPS) is 16.9. The van der Waals surface area contributed by atoms with E-state index in [-0.39, 0.29) is 23.8 Å². The lowest BCUT2D eigenvalue weighted by atomic mass is 9.71. The molecule has 0 heterocycles. The first kappa shape index (κ1) is 16.6. The fourth-order valence-corrected chi connectivity index (χ4v) is 2.10. The van der Waals surface area contributed by atoms with Crippen molar-refractivity contribution < 1.29 is 9.18 Å². The third-order valence-electron chi connectivity index (χ3n) is 4.14. The zero-order chi connectivity index (χ0) is 13.5. The summed E-state index contributed by atoms with van der Waals surface area (Å²) in [5, 5.41) is 0. The molecule has 102 valence electrons. The number of hydrogen-bond donors (Lipinski definition) is 0. The van der Waals surface area contributed by atoms with Gasteiger partial charge in [0.05, 0.1) is 6.67 Å². The molecule has 0 aliphatic heterocycles. The van der Waals surface area contributed by atoms with Gasteiger partial charge in [-0.25, -0.2) is 0 Å². The van der Waals surface area contributed by atoms with E-state index in [4.69, 9.17) is 0 Å². The van der Waals surface area contributed by atoms with Crippen LogP contribution in [-0.4, -0.2) is 12.5 Å². The minimum atomic E-state index is -0.221. The first-order chi connectivity index (χ1) is 7.81. The predicted octanol–water partition coefficient (Wildman–Crippen LogP) is 4.79. The van der Waals surface area contributed by atoms with Crippen molar-refractivity contribution in [1.29, 1.82) is 0 Å². The summed E-state index contributed by atoms with van der Waals surface area (Å²) in [4.78, 5) is 11.0. The number of carbonyl (C=O) groups excluding carboxylic acids is 1. The maximum Gasteiger partial charge on any atom is 0.129 e. The Bertz CT molecular complexity index is 225. The summed E-state index contributed by atoms with van der Waals surface area (Å²) in [6, 6.07) is 0. The zero-order valence-corrected chi connectivity index (χ0v) is 12.2. The van der Waals surface area contributed by atoms with Crippen molar-refractivity contribution in [2.45, 2.75) is 66.7 Å². The molecule has 0 aliphatic carbocycles. The Labute approximate surface area is 106 Å². The Balaban J connectivity index is 4.20. The summed E-state index contributed by atoms with van der Waals surface area (Å²) in [6.07, 6.45) is 4.73. The fraction of sp³-hybridized carbons (Fsp3) is 0.933. The van der Waals surface area contributed by atoms with E-state index in [2.05, 4.69) is 20.8 Å². The van der Waals surface area contributed by atoms with Crippen LogP contribution in [0.5, 0.6) is 0 Å². The van der Waals surface area contributed by atoms with Gasteiger partial charge in [0.15, 0.2) is 0 Å². The second-order valence-electron chi connectivity index (χ2n) is 6.16. The molecule has 0 rings (SSSR count). The molecule has 0 amide bonds. The van der Waals surface area contributed by atoms with E-state index in [9.17, 15) is 9.18 Å². The van der Waals surface area contributed by atoms with Crippen molar-refractivity contribution in [3.05, 3.63) is 0 Å². The molecule has 2 atom stereocenters. The quantitative estimate of drug-likeness (QED) is 0.569. The third-order valence-corrected chi connectivity index (χ3v) is 4.14. The second-order valence-corrected chi connectivity index (χ2v) is 6.16. The van der Waals surface area contributed by atoms with Gasteiger partial charge in [-0.05, 0) is 49.9 Å². The van der Waals surface area contributed by atoms with Crippen LogP contribution in [-0.2, 0) is 4.79 Å². The molecule has 0 saturated heterocycles.